The maximum atomic E-state index is 2.41. The quantitative estimate of drug-likeness (QED) is 0.148. The minimum atomic E-state index is -0.102. The number of rotatable bonds is 8. The van der Waals surface area contributed by atoms with E-state index in [1.54, 1.807) is 0 Å². The summed E-state index contributed by atoms with van der Waals surface area (Å²) in [5.41, 5.74) is 20.7. The Morgan fingerprint density at radius 2 is 0.758 bits per heavy atom. The van der Waals surface area contributed by atoms with E-state index in [1.165, 1.54) is 88.7 Å². The van der Waals surface area contributed by atoms with Crippen LogP contribution >= 0.6 is 0 Å². The highest BCUT2D eigenvalue weighted by molar-refractivity contribution is 5.97. The molecule has 0 N–H and O–H groups in total. The van der Waals surface area contributed by atoms with Crippen molar-refractivity contribution in [1.29, 1.82) is 0 Å². The predicted molar refractivity (Wildman–Crippen MR) is 263 cm³/mol. The Balaban J connectivity index is 1.03. The van der Waals surface area contributed by atoms with Gasteiger partial charge in [-0.25, -0.2) is 0 Å². The van der Waals surface area contributed by atoms with E-state index >= 15 is 0 Å². The van der Waals surface area contributed by atoms with Gasteiger partial charge in [0.1, 0.15) is 0 Å². The van der Waals surface area contributed by atoms with Crippen molar-refractivity contribution in [3.63, 3.8) is 0 Å². The Morgan fingerprint density at radius 3 is 1.53 bits per heavy atom. The third kappa shape index (κ3) is 6.51. The molecule has 0 amide bonds. The zero-order chi connectivity index (χ0) is 41.6. The Labute approximate surface area is 364 Å². The molecule has 1 heteroatoms. The highest BCUT2D eigenvalue weighted by Crippen LogP contribution is 2.52. The van der Waals surface area contributed by atoms with Crippen molar-refractivity contribution in [2.45, 2.75) is 19.3 Å². The molecule has 0 radical (unpaired) electrons. The molecule has 10 aromatic carbocycles. The van der Waals surface area contributed by atoms with Gasteiger partial charge in [-0.05, 0) is 131 Å². The lowest BCUT2D eigenvalue weighted by Crippen LogP contribution is -2.16. The summed E-state index contributed by atoms with van der Waals surface area (Å²) in [5, 5.41) is 2.51. The normalized spacial score (nSPS) is 12.5. The third-order valence-electron chi connectivity index (χ3n) is 12.8. The van der Waals surface area contributed by atoms with Crippen LogP contribution in [0.5, 0.6) is 0 Å². The molecule has 1 aliphatic carbocycles. The van der Waals surface area contributed by atoms with E-state index in [2.05, 4.69) is 255 Å². The van der Waals surface area contributed by atoms with E-state index < -0.39 is 0 Å². The highest BCUT2D eigenvalue weighted by Gasteiger charge is 2.37. The van der Waals surface area contributed by atoms with Gasteiger partial charge < -0.3 is 4.90 Å². The fourth-order valence-corrected chi connectivity index (χ4v) is 9.91. The SMILES string of the molecule is CC1(C)c2ccccc2-c2cccc(-c3ccc(N(c4cccc(-c5cccc(-c6cccc7ccccc67)c5)c4)c4cccc(-c5ccccc5-c5ccccc5)c4)cc3)c21. The van der Waals surface area contributed by atoms with Gasteiger partial charge in [0.2, 0.25) is 0 Å². The van der Waals surface area contributed by atoms with Crippen molar-refractivity contribution in [2.24, 2.45) is 0 Å². The van der Waals surface area contributed by atoms with Crippen LogP contribution in [0.25, 0.3) is 77.5 Å². The summed E-state index contributed by atoms with van der Waals surface area (Å²) in [5.74, 6) is 0. The molecule has 0 aromatic heterocycles. The molecule has 0 fully saturated rings. The lowest BCUT2D eigenvalue weighted by atomic mass is 9.79. The second kappa shape index (κ2) is 15.4. The summed E-state index contributed by atoms with van der Waals surface area (Å²) in [7, 11) is 0. The fraction of sp³-hybridized carbons (Fsp3) is 0.0492. The first-order valence-electron chi connectivity index (χ1n) is 21.6. The van der Waals surface area contributed by atoms with Crippen LogP contribution in [0.1, 0.15) is 25.0 Å². The maximum Gasteiger partial charge on any atom is 0.0467 e. The second-order valence-corrected chi connectivity index (χ2v) is 16.9. The zero-order valence-corrected chi connectivity index (χ0v) is 35.0. The predicted octanol–water partition coefficient (Wildman–Crippen LogP) is 17.0. The molecule has 0 saturated carbocycles. The van der Waals surface area contributed by atoms with Crippen molar-refractivity contribution in [3.05, 3.63) is 248 Å². The van der Waals surface area contributed by atoms with Gasteiger partial charge in [0, 0.05) is 22.5 Å². The molecular weight excluding hydrogens is 747 g/mol. The number of hydrogen-bond donors (Lipinski definition) is 0. The van der Waals surface area contributed by atoms with Crippen molar-refractivity contribution in [3.8, 4) is 66.8 Å². The summed E-state index contributed by atoms with van der Waals surface area (Å²) < 4.78 is 0. The molecular formula is C61H45N. The lowest BCUT2D eigenvalue weighted by Gasteiger charge is -2.27. The van der Waals surface area contributed by atoms with Gasteiger partial charge in [0.05, 0.1) is 0 Å². The van der Waals surface area contributed by atoms with Gasteiger partial charge >= 0.3 is 0 Å². The van der Waals surface area contributed by atoms with E-state index in [4.69, 9.17) is 0 Å². The summed E-state index contributed by atoms with van der Waals surface area (Å²) in [6, 6.07) is 86.5. The van der Waals surface area contributed by atoms with Crippen LogP contribution in [0.4, 0.5) is 17.1 Å². The Morgan fingerprint density at radius 1 is 0.290 bits per heavy atom. The monoisotopic (exact) mass is 791 g/mol. The van der Waals surface area contributed by atoms with Crippen molar-refractivity contribution < 1.29 is 0 Å². The third-order valence-corrected chi connectivity index (χ3v) is 12.8. The average Bonchev–Trinajstić information content (AvgIpc) is 3.58. The molecule has 0 unspecified atom stereocenters. The molecule has 294 valence electrons. The van der Waals surface area contributed by atoms with E-state index in [0.717, 1.165) is 17.1 Å². The second-order valence-electron chi connectivity index (χ2n) is 16.9. The Bertz CT molecular complexity index is 3260. The van der Waals surface area contributed by atoms with Crippen molar-refractivity contribution >= 4 is 27.8 Å². The van der Waals surface area contributed by atoms with Crippen molar-refractivity contribution in [1.82, 2.24) is 0 Å². The van der Waals surface area contributed by atoms with E-state index in [-0.39, 0.29) is 5.41 Å². The van der Waals surface area contributed by atoms with Crippen LogP contribution in [-0.4, -0.2) is 0 Å². The van der Waals surface area contributed by atoms with Gasteiger partial charge in [0.15, 0.2) is 0 Å². The molecule has 0 heterocycles. The first kappa shape index (κ1) is 37.3. The van der Waals surface area contributed by atoms with Crippen molar-refractivity contribution in [2.75, 3.05) is 4.90 Å². The molecule has 62 heavy (non-hydrogen) atoms. The summed E-state index contributed by atoms with van der Waals surface area (Å²) >= 11 is 0. The number of hydrogen-bond acceptors (Lipinski definition) is 1. The lowest BCUT2D eigenvalue weighted by molar-refractivity contribution is 0.662. The molecule has 1 aliphatic rings. The first-order chi connectivity index (χ1) is 30.5. The fourth-order valence-electron chi connectivity index (χ4n) is 9.91. The van der Waals surface area contributed by atoms with E-state index in [9.17, 15) is 0 Å². The topological polar surface area (TPSA) is 3.24 Å². The molecule has 11 rings (SSSR count). The minimum Gasteiger partial charge on any atom is -0.310 e. The average molecular weight is 792 g/mol. The standard InChI is InChI=1S/C61H45N/c1-61(2)59-34-11-10-30-57(59)58-33-16-32-56(60(58)61)44-35-37-49(38-36-44)62(51-26-14-24-48(41-51)54-29-9-8-28-52(54)42-17-4-3-5-18-42)50-25-13-22-46(40-50)45-21-12-23-47(39-45)55-31-15-20-43-19-6-7-27-53(43)55/h3-41H,1-2H3. The van der Waals surface area contributed by atoms with Gasteiger partial charge in [-0.1, -0.05) is 208 Å². The number of nitrogens with zero attached hydrogens (tertiary/aromatic N) is 1. The van der Waals surface area contributed by atoms with Crippen LogP contribution in [0.2, 0.25) is 0 Å². The molecule has 0 bridgehead atoms. The Kier molecular flexibility index (Phi) is 9.24. The molecule has 0 spiro atoms. The van der Waals surface area contributed by atoms with Gasteiger partial charge in [-0.2, -0.15) is 0 Å². The molecule has 0 saturated heterocycles. The molecule has 0 atom stereocenters. The van der Waals surface area contributed by atoms with Crippen LogP contribution < -0.4 is 4.90 Å². The van der Waals surface area contributed by atoms with Crippen LogP contribution in [0.3, 0.4) is 0 Å². The summed E-state index contributed by atoms with van der Waals surface area (Å²) in [4.78, 5) is 2.41. The van der Waals surface area contributed by atoms with Gasteiger partial charge in [0.25, 0.3) is 0 Å². The Hall–Kier alpha value is -7.74. The van der Waals surface area contributed by atoms with Crippen LogP contribution in [-0.2, 0) is 5.41 Å². The summed E-state index contributed by atoms with van der Waals surface area (Å²) in [6.45, 7) is 4.73. The zero-order valence-electron chi connectivity index (χ0n) is 35.0. The van der Waals surface area contributed by atoms with E-state index in [0.29, 0.717) is 0 Å². The van der Waals surface area contributed by atoms with Crippen LogP contribution in [0, 0.1) is 0 Å². The maximum absolute atomic E-state index is 2.41. The number of benzene rings is 10. The van der Waals surface area contributed by atoms with Crippen LogP contribution in [0.15, 0.2) is 237 Å². The minimum absolute atomic E-state index is 0.102. The summed E-state index contributed by atoms with van der Waals surface area (Å²) in [6.07, 6.45) is 0. The van der Waals surface area contributed by atoms with Gasteiger partial charge in [-0.3, -0.25) is 0 Å². The van der Waals surface area contributed by atoms with E-state index in [1.807, 2.05) is 0 Å². The number of fused-ring (bicyclic) bond motifs is 4. The molecule has 10 aromatic rings. The first-order valence-corrected chi connectivity index (χ1v) is 21.6. The molecule has 0 aliphatic heterocycles. The highest BCUT2D eigenvalue weighted by atomic mass is 15.1. The molecule has 1 nitrogen and oxygen atoms in total. The van der Waals surface area contributed by atoms with Gasteiger partial charge in [-0.15, -0.1) is 0 Å². The number of anilines is 3. The smallest absolute Gasteiger partial charge is 0.0467 e. The largest absolute Gasteiger partial charge is 0.310 e.